The lowest BCUT2D eigenvalue weighted by Crippen LogP contribution is -2.48. The van der Waals surface area contributed by atoms with Crippen molar-refractivity contribution in [3.63, 3.8) is 0 Å². The molecule has 1 heterocycles. The van der Waals surface area contributed by atoms with Crippen molar-refractivity contribution < 1.29 is 4.79 Å². The van der Waals surface area contributed by atoms with Gasteiger partial charge in [-0.15, -0.1) is 0 Å². The number of rotatable bonds is 3. The van der Waals surface area contributed by atoms with E-state index in [0.29, 0.717) is 11.9 Å². The summed E-state index contributed by atoms with van der Waals surface area (Å²) in [6.07, 6.45) is 8.28. The average molecular weight is 286 g/mol. The molecule has 1 aromatic carbocycles. The molecule has 0 unspecified atom stereocenters. The van der Waals surface area contributed by atoms with E-state index in [9.17, 15) is 4.79 Å². The van der Waals surface area contributed by atoms with E-state index in [1.165, 1.54) is 19.3 Å². The number of piperidine rings is 1. The first-order valence-electron chi connectivity index (χ1n) is 8.45. The Morgan fingerprint density at radius 3 is 2.43 bits per heavy atom. The first-order chi connectivity index (χ1) is 10.4. The van der Waals surface area contributed by atoms with Crippen LogP contribution in [0.3, 0.4) is 0 Å². The van der Waals surface area contributed by atoms with Gasteiger partial charge in [-0.05, 0) is 44.4 Å². The van der Waals surface area contributed by atoms with Gasteiger partial charge in [0, 0.05) is 18.3 Å². The van der Waals surface area contributed by atoms with Crippen LogP contribution in [0, 0.1) is 5.92 Å². The van der Waals surface area contributed by atoms with Gasteiger partial charge in [0.25, 0.3) is 0 Å². The highest BCUT2D eigenvalue weighted by Crippen LogP contribution is 2.29. The van der Waals surface area contributed by atoms with Gasteiger partial charge in [-0.25, -0.2) is 0 Å². The molecule has 2 aliphatic rings. The molecule has 0 radical (unpaired) electrons. The first kappa shape index (κ1) is 14.6. The smallest absolute Gasteiger partial charge is 0.231 e. The fourth-order valence-electron chi connectivity index (χ4n) is 3.71. The zero-order chi connectivity index (χ0) is 14.5. The summed E-state index contributed by atoms with van der Waals surface area (Å²) in [7, 11) is 0. The van der Waals surface area contributed by atoms with Crippen LogP contribution in [0.4, 0.5) is 5.69 Å². The fraction of sp³-hybridized carbons (Fsp3) is 0.611. The van der Waals surface area contributed by atoms with Crippen molar-refractivity contribution in [2.45, 2.75) is 51.0 Å². The summed E-state index contributed by atoms with van der Waals surface area (Å²) >= 11 is 0. The monoisotopic (exact) mass is 286 g/mol. The normalized spacial score (nSPS) is 23.7. The summed E-state index contributed by atoms with van der Waals surface area (Å²) < 4.78 is 0. The van der Waals surface area contributed by atoms with Crippen LogP contribution in [0.25, 0.3) is 0 Å². The van der Waals surface area contributed by atoms with E-state index in [2.05, 4.69) is 22.3 Å². The zero-order valence-electron chi connectivity index (χ0n) is 12.8. The van der Waals surface area contributed by atoms with E-state index in [0.717, 1.165) is 44.5 Å². The molecular formula is C18H26N2O. The molecule has 114 valence electrons. The molecule has 0 aromatic heterocycles. The minimum absolute atomic E-state index is 0.154. The third-order valence-corrected chi connectivity index (χ3v) is 4.86. The van der Waals surface area contributed by atoms with Gasteiger partial charge in [0.1, 0.15) is 0 Å². The number of anilines is 1. The number of amides is 1. The van der Waals surface area contributed by atoms with Crippen LogP contribution < -0.4 is 10.2 Å². The van der Waals surface area contributed by atoms with Gasteiger partial charge in [-0.3, -0.25) is 4.79 Å². The third kappa shape index (κ3) is 3.46. The summed E-state index contributed by atoms with van der Waals surface area (Å²) in [4.78, 5) is 15.2. The van der Waals surface area contributed by atoms with Gasteiger partial charge >= 0.3 is 0 Å². The third-order valence-electron chi connectivity index (χ3n) is 4.86. The van der Waals surface area contributed by atoms with Crippen molar-refractivity contribution in [2.75, 3.05) is 18.0 Å². The Kier molecular flexibility index (Phi) is 4.91. The maximum atomic E-state index is 13.1. The summed E-state index contributed by atoms with van der Waals surface area (Å²) in [6.45, 7) is 1.90. The second-order valence-corrected chi connectivity index (χ2v) is 6.38. The number of nitrogens with zero attached hydrogens (tertiary/aromatic N) is 1. The molecule has 1 saturated carbocycles. The van der Waals surface area contributed by atoms with Crippen molar-refractivity contribution in [3.05, 3.63) is 30.3 Å². The van der Waals surface area contributed by atoms with Crippen LogP contribution in [0.2, 0.25) is 0 Å². The largest absolute Gasteiger partial charge is 0.316 e. The van der Waals surface area contributed by atoms with Crippen LogP contribution in [0.15, 0.2) is 30.3 Å². The summed E-state index contributed by atoms with van der Waals surface area (Å²) in [6, 6.07) is 10.7. The number of hydrogen-bond acceptors (Lipinski definition) is 2. The van der Waals surface area contributed by atoms with Gasteiger partial charge in [-0.1, -0.05) is 37.5 Å². The maximum absolute atomic E-state index is 13.1. The lowest BCUT2D eigenvalue weighted by Gasteiger charge is -2.37. The predicted molar refractivity (Wildman–Crippen MR) is 86.4 cm³/mol. The molecule has 3 rings (SSSR count). The van der Waals surface area contributed by atoms with Gasteiger partial charge in [0.2, 0.25) is 5.91 Å². The average Bonchev–Trinajstić information content (AvgIpc) is 2.58. The van der Waals surface area contributed by atoms with Gasteiger partial charge in [0.15, 0.2) is 0 Å². The lowest BCUT2D eigenvalue weighted by atomic mass is 9.91. The minimum atomic E-state index is 0.154. The Morgan fingerprint density at radius 2 is 1.76 bits per heavy atom. The van der Waals surface area contributed by atoms with Crippen LogP contribution in [-0.2, 0) is 4.79 Å². The molecule has 2 fully saturated rings. The van der Waals surface area contributed by atoms with Crippen molar-refractivity contribution in [3.8, 4) is 0 Å². The molecule has 0 spiro atoms. The van der Waals surface area contributed by atoms with Crippen molar-refractivity contribution in [1.29, 1.82) is 0 Å². The molecule has 0 bridgehead atoms. The number of carbonyl (C=O) groups excluding carboxylic acids is 1. The molecule has 1 N–H and O–H groups in total. The molecule has 1 amide bonds. The topological polar surface area (TPSA) is 32.3 Å². The van der Waals surface area contributed by atoms with Gasteiger partial charge < -0.3 is 10.2 Å². The van der Waals surface area contributed by atoms with Crippen molar-refractivity contribution in [2.24, 2.45) is 5.92 Å². The molecule has 1 aliphatic heterocycles. The number of nitrogens with one attached hydrogen (secondary N) is 1. The summed E-state index contributed by atoms with van der Waals surface area (Å²) in [5.41, 5.74) is 1.08. The second kappa shape index (κ2) is 7.08. The van der Waals surface area contributed by atoms with Crippen LogP contribution in [-0.4, -0.2) is 25.0 Å². The van der Waals surface area contributed by atoms with E-state index in [4.69, 9.17) is 0 Å². The SMILES string of the molecule is O=C([C@H]1CCCNC1)N(c1ccccc1)C1CCCCC1. The van der Waals surface area contributed by atoms with Crippen molar-refractivity contribution in [1.82, 2.24) is 5.32 Å². The van der Waals surface area contributed by atoms with Crippen LogP contribution in [0.5, 0.6) is 0 Å². The molecule has 3 nitrogen and oxygen atoms in total. The number of para-hydroxylation sites is 1. The Morgan fingerprint density at radius 1 is 1.00 bits per heavy atom. The van der Waals surface area contributed by atoms with E-state index in [-0.39, 0.29) is 5.92 Å². The summed E-state index contributed by atoms with van der Waals surface area (Å²) in [5, 5.41) is 3.38. The molecular weight excluding hydrogens is 260 g/mol. The minimum Gasteiger partial charge on any atom is -0.316 e. The van der Waals surface area contributed by atoms with Crippen LogP contribution >= 0.6 is 0 Å². The number of carbonyl (C=O) groups is 1. The Balaban J connectivity index is 1.82. The quantitative estimate of drug-likeness (QED) is 0.924. The molecule has 1 aliphatic carbocycles. The first-order valence-corrected chi connectivity index (χ1v) is 8.45. The van der Waals surface area contributed by atoms with E-state index in [1.807, 2.05) is 18.2 Å². The number of benzene rings is 1. The van der Waals surface area contributed by atoms with Gasteiger partial charge in [0.05, 0.1) is 5.92 Å². The Labute approximate surface area is 127 Å². The maximum Gasteiger partial charge on any atom is 0.231 e. The second-order valence-electron chi connectivity index (χ2n) is 6.38. The standard InChI is InChI=1S/C18H26N2O/c21-18(15-8-7-13-19-14-15)20(16-9-3-1-4-10-16)17-11-5-2-6-12-17/h1,3-4,9-10,15,17,19H,2,5-8,11-14H2/t15-/m0/s1. The highest BCUT2D eigenvalue weighted by molar-refractivity contribution is 5.95. The van der Waals surface area contributed by atoms with E-state index >= 15 is 0 Å². The zero-order valence-corrected chi connectivity index (χ0v) is 12.8. The fourth-order valence-corrected chi connectivity index (χ4v) is 3.71. The Bertz CT molecular complexity index is 448. The van der Waals surface area contributed by atoms with Gasteiger partial charge in [-0.2, -0.15) is 0 Å². The van der Waals surface area contributed by atoms with Crippen molar-refractivity contribution >= 4 is 11.6 Å². The molecule has 3 heteroatoms. The number of hydrogen-bond donors (Lipinski definition) is 1. The molecule has 21 heavy (non-hydrogen) atoms. The van der Waals surface area contributed by atoms with E-state index in [1.54, 1.807) is 0 Å². The van der Waals surface area contributed by atoms with E-state index < -0.39 is 0 Å². The molecule has 1 aromatic rings. The lowest BCUT2D eigenvalue weighted by molar-refractivity contribution is -0.123. The highest BCUT2D eigenvalue weighted by Gasteiger charge is 2.32. The Hall–Kier alpha value is -1.35. The summed E-state index contributed by atoms with van der Waals surface area (Å²) in [5.74, 6) is 0.487. The molecule has 1 atom stereocenters. The van der Waals surface area contributed by atoms with Crippen LogP contribution in [0.1, 0.15) is 44.9 Å². The highest BCUT2D eigenvalue weighted by atomic mass is 16.2. The predicted octanol–water partition coefficient (Wildman–Crippen LogP) is 3.35. The molecule has 1 saturated heterocycles.